The van der Waals surface area contributed by atoms with Crippen molar-refractivity contribution in [2.45, 2.75) is 158 Å². The molecule has 0 radical (unpaired) electrons. The molecule has 0 aromatic heterocycles. The van der Waals surface area contributed by atoms with Crippen molar-refractivity contribution in [1.82, 2.24) is 0 Å². The van der Waals surface area contributed by atoms with E-state index in [4.69, 9.17) is 14.2 Å². The summed E-state index contributed by atoms with van der Waals surface area (Å²) in [5.74, 6) is 4.43. The van der Waals surface area contributed by atoms with Crippen LogP contribution in [-0.4, -0.2) is 30.2 Å². The van der Waals surface area contributed by atoms with Gasteiger partial charge in [-0.1, -0.05) is 55.4 Å². The third-order valence-corrected chi connectivity index (χ3v) is 15.5. The third kappa shape index (κ3) is 3.37. The van der Waals surface area contributed by atoms with Gasteiger partial charge in [-0.05, 0) is 117 Å². The van der Waals surface area contributed by atoms with Crippen molar-refractivity contribution < 1.29 is 14.2 Å². The van der Waals surface area contributed by atoms with Crippen LogP contribution in [0.1, 0.15) is 128 Å². The molecule has 3 nitrogen and oxygen atoms in total. The lowest BCUT2D eigenvalue weighted by Gasteiger charge is -2.67. The molecule has 2 aliphatic heterocycles. The van der Waals surface area contributed by atoms with Gasteiger partial charge in [0.05, 0.1) is 24.4 Å². The van der Waals surface area contributed by atoms with Crippen LogP contribution in [0.3, 0.4) is 0 Å². The van der Waals surface area contributed by atoms with E-state index in [9.17, 15) is 0 Å². The summed E-state index contributed by atoms with van der Waals surface area (Å²) in [6.07, 6.45) is 11.8. The topological polar surface area (TPSA) is 27.7 Å². The van der Waals surface area contributed by atoms with Crippen molar-refractivity contribution >= 4 is 0 Å². The first-order valence-corrected chi connectivity index (χ1v) is 16.6. The van der Waals surface area contributed by atoms with Crippen LogP contribution >= 0.6 is 0 Å². The molecule has 0 aromatic rings. The van der Waals surface area contributed by atoms with Crippen molar-refractivity contribution in [3.8, 4) is 0 Å². The summed E-state index contributed by atoms with van der Waals surface area (Å²) in [6.45, 7) is 27.2. The maximum atomic E-state index is 7.28. The molecule has 15 atom stereocenters. The highest BCUT2D eigenvalue weighted by Gasteiger charge is 2.78. The van der Waals surface area contributed by atoms with Gasteiger partial charge in [-0.3, -0.25) is 0 Å². The van der Waals surface area contributed by atoms with Crippen LogP contribution in [0.2, 0.25) is 0 Å². The summed E-state index contributed by atoms with van der Waals surface area (Å²) in [7, 11) is 0. The van der Waals surface area contributed by atoms with Gasteiger partial charge in [-0.2, -0.15) is 0 Å². The zero-order chi connectivity index (χ0) is 27.6. The molecule has 6 aliphatic rings. The molecule has 0 aromatic carbocycles. The summed E-state index contributed by atoms with van der Waals surface area (Å²) in [4.78, 5) is 0. The first kappa shape index (κ1) is 28.0. The van der Waals surface area contributed by atoms with E-state index < -0.39 is 0 Å². The summed E-state index contributed by atoms with van der Waals surface area (Å²) in [5, 5.41) is 0. The Bertz CT molecular complexity index is 918. The SMILES string of the molecule is CC(C)O[C@@H]1CC2CCC3C(CC[C@@]4(C)C3(C)CC3OC5(CC(C)C(C)C(C)O5)[C@@H](C)C34C)[C@@]2(C)CC1C. The molecule has 1 spiro atoms. The zero-order valence-corrected chi connectivity index (χ0v) is 26.7. The Hall–Kier alpha value is -0.120. The molecular formula is C35H60O3. The second-order valence-electron chi connectivity index (χ2n) is 16.9. The van der Waals surface area contributed by atoms with Crippen LogP contribution in [0.25, 0.3) is 0 Å². The molecule has 6 rings (SSSR count). The Labute approximate surface area is 234 Å². The Morgan fingerprint density at radius 1 is 0.789 bits per heavy atom. The average molecular weight is 529 g/mol. The van der Waals surface area contributed by atoms with Gasteiger partial charge in [-0.15, -0.1) is 0 Å². The molecule has 2 heterocycles. The average Bonchev–Trinajstić information content (AvgIpc) is 3.13. The summed E-state index contributed by atoms with van der Waals surface area (Å²) >= 11 is 0. The van der Waals surface area contributed by atoms with E-state index in [1.807, 2.05) is 0 Å². The highest BCUT2D eigenvalue weighted by molar-refractivity contribution is 5.24. The Morgan fingerprint density at radius 2 is 1.50 bits per heavy atom. The van der Waals surface area contributed by atoms with Crippen molar-refractivity contribution in [1.29, 1.82) is 0 Å². The van der Waals surface area contributed by atoms with E-state index in [1.54, 1.807) is 0 Å². The van der Waals surface area contributed by atoms with E-state index in [0.29, 0.717) is 58.2 Å². The molecule has 2 saturated heterocycles. The fourth-order valence-corrected chi connectivity index (χ4v) is 12.5. The molecule has 0 bridgehead atoms. The zero-order valence-electron chi connectivity index (χ0n) is 26.7. The van der Waals surface area contributed by atoms with Gasteiger partial charge in [0.1, 0.15) is 0 Å². The second kappa shape index (κ2) is 8.70. The Kier molecular flexibility index (Phi) is 6.41. The molecule has 218 valence electrons. The lowest BCUT2D eigenvalue weighted by Crippen LogP contribution is -2.61. The molecule has 6 fully saturated rings. The number of ether oxygens (including phenoxy) is 3. The summed E-state index contributed by atoms with van der Waals surface area (Å²) in [5.41, 5.74) is 1.26. The third-order valence-electron chi connectivity index (χ3n) is 15.5. The van der Waals surface area contributed by atoms with E-state index >= 15 is 0 Å². The fourth-order valence-electron chi connectivity index (χ4n) is 12.5. The molecule has 0 amide bonds. The fraction of sp³-hybridized carbons (Fsp3) is 1.00. The second-order valence-corrected chi connectivity index (χ2v) is 16.9. The summed E-state index contributed by atoms with van der Waals surface area (Å²) < 4.78 is 20.6. The van der Waals surface area contributed by atoms with Gasteiger partial charge in [0.2, 0.25) is 0 Å². The predicted molar refractivity (Wildman–Crippen MR) is 155 cm³/mol. The van der Waals surface area contributed by atoms with E-state index in [2.05, 4.69) is 76.2 Å². The first-order valence-electron chi connectivity index (χ1n) is 16.6. The number of fused-ring (bicyclic) bond motifs is 7. The minimum atomic E-state index is -0.389. The van der Waals surface area contributed by atoms with Crippen LogP contribution in [0, 0.1) is 63.1 Å². The molecule has 4 aliphatic carbocycles. The van der Waals surface area contributed by atoms with Crippen LogP contribution in [0.5, 0.6) is 0 Å². The minimum Gasteiger partial charge on any atom is -0.375 e. The van der Waals surface area contributed by atoms with Crippen molar-refractivity contribution in [2.75, 3.05) is 0 Å². The Balaban J connectivity index is 1.29. The van der Waals surface area contributed by atoms with Crippen LogP contribution in [0.15, 0.2) is 0 Å². The van der Waals surface area contributed by atoms with Gasteiger partial charge in [-0.25, -0.2) is 0 Å². The molecule has 38 heavy (non-hydrogen) atoms. The lowest BCUT2D eigenvalue weighted by atomic mass is 9.38. The van der Waals surface area contributed by atoms with E-state index in [0.717, 1.165) is 24.2 Å². The van der Waals surface area contributed by atoms with Crippen molar-refractivity contribution in [2.24, 2.45) is 63.1 Å². The molecule has 0 N–H and O–H groups in total. The normalized spacial score (nSPS) is 61.9. The van der Waals surface area contributed by atoms with Gasteiger partial charge in [0.25, 0.3) is 0 Å². The standard InChI is InChI=1S/C35H60O3/c1-20(2)36-29-16-26-12-13-28-27(31(26,8)17-22(29)4)14-15-33(10)32(28,9)19-30-34(33,11)25(7)35(38-30)18-21(3)23(5)24(6)37-35/h20-30H,12-19H2,1-11H3/t21?,22?,23?,24?,25-,26?,27?,28?,29+,30?,31-,32?,33-,34?,35?/m0/s1. The van der Waals surface area contributed by atoms with Gasteiger partial charge < -0.3 is 14.2 Å². The lowest BCUT2D eigenvalue weighted by molar-refractivity contribution is -0.308. The monoisotopic (exact) mass is 528 g/mol. The molecular weight excluding hydrogens is 468 g/mol. The summed E-state index contributed by atoms with van der Waals surface area (Å²) in [6, 6.07) is 0. The highest BCUT2D eigenvalue weighted by Crippen LogP contribution is 2.80. The van der Waals surface area contributed by atoms with Crippen LogP contribution in [-0.2, 0) is 14.2 Å². The smallest absolute Gasteiger partial charge is 0.172 e. The van der Waals surface area contributed by atoms with Crippen molar-refractivity contribution in [3.05, 3.63) is 0 Å². The Morgan fingerprint density at radius 3 is 2.16 bits per heavy atom. The van der Waals surface area contributed by atoms with Crippen LogP contribution in [0.4, 0.5) is 0 Å². The molecule has 3 heteroatoms. The van der Waals surface area contributed by atoms with Crippen LogP contribution < -0.4 is 0 Å². The van der Waals surface area contributed by atoms with Gasteiger partial charge >= 0.3 is 0 Å². The van der Waals surface area contributed by atoms with E-state index in [-0.39, 0.29) is 17.3 Å². The number of hydrogen-bond acceptors (Lipinski definition) is 3. The first-order chi connectivity index (χ1) is 17.6. The quantitative estimate of drug-likeness (QED) is 0.358. The van der Waals surface area contributed by atoms with Crippen molar-refractivity contribution in [3.63, 3.8) is 0 Å². The highest BCUT2D eigenvalue weighted by atomic mass is 16.7. The van der Waals surface area contributed by atoms with E-state index in [1.165, 1.54) is 44.9 Å². The van der Waals surface area contributed by atoms with Gasteiger partial charge in [0, 0.05) is 17.8 Å². The maximum absolute atomic E-state index is 7.28. The number of hydrogen-bond donors (Lipinski definition) is 0. The largest absolute Gasteiger partial charge is 0.375 e. The molecule has 4 saturated carbocycles. The maximum Gasteiger partial charge on any atom is 0.172 e. The van der Waals surface area contributed by atoms with Gasteiger partial charge in [0.15, 0.2) is 5.79 Å². The molecule has 11 unspecified atom stereocenters. The predicted octanol–water partition coefficient (Wildman–Crippen LogP) is 8.89. The minimum absolute atomic E-state index is 0.167. The number of rotatable bonds is 2.